The summed E-state index contributed by atoms with van der Waals surface area (Å²) in [6.07, 6.45) is 1.25. The van der Waals surface area contributed by atoms with Gasteiger partial charge >= 0.3 is 6.09 Å². The van der Waals surface area contributed by atoms with Gasteiger partial charge in [-0.15, -0.1) is 0 Å². The normalized spacial score (nSPS) is 17.8. The van der Waals surface area contributed by atoms with Crippen LogP contribution in [0.25, 0.3) is 0 Å². The van der Waals surface area contributed by atoms with Crippen molar-refractivity contribution < 1.29 is 23.1 Å². The van der Waals surface area contributed by atoms with E-state index in [4.69, 9.17) is 4.74 Å². The Morgan fingerprint density at radius 1 is 1.08 bits per heavy atom. The lowest BCUT2D eigenvalue weighted by atomic mass is 9.89. The Balaban J connectivity index is 1.67. The predicted molar refractivity (Wildman–Crippen MR) is 131 cm³/mol. The van der Waals surface area contributed by atoms with Crippen LogP contribution in [0, 0.1) is 17.6 Å². The Kier molecular flexibility index (Phi) is 7.06. The molecule has 4 rings (SSSR count). The Morgan fingerprint density at radius 2 is 1.81 bits per heavy atom. The van der Waals surface area contributed by atoms with Gasteiger partial charge < -0.3 is 14.6 Å². The second-order valence-corrected chi connectivity index (χ2v) is 9.97. The maximum Gasteiger partial charge on any atom is 0.408 e. The van der Waals surface area contributed by atoms with Crippen molar-refractivity contribution in [3.05, 3.63) is 106 Å². The SMILES string of the molecule is CC(C)(C)OC(=O)N[C@H]1c2ccccc2C[C@@H]1CC(=O)C(c1ccc(F)cc1F)n1ccccc1=O. The van der Waals surface area contributed by atoms with Crippen LogP contribution in [0.15, 0.2) is 71.7 Å². The van der Waals surface area contributed by atoms with Gasteiger partial charge in [0, 0.05) is 30.3 Å². The molecule has 1 aliphatic rings. The van der Waals surface area contributed by atoms with Crippen molar-refractivity contribution in [3.8, 4) is 0 Å². The summed E-state index contributed by atoms with van der Waals surface area (Å²) in [5.41, 5.74) is 0.576. The second-order valence-electron chi connectivity index (χ2n) is 9.97. The zero-order valence-electron chi connectivity index (χ0n) is 20.3. The molecule has 6 nitrogen and oxygen atoms in total. The lowest BCUT2D eigenvalue weighted by Gasteiger charge is -2.27. The summed E-state index contributed by atoms with van der Waals surface area (Å²) < 4.78 is 35.0. The number of carbonyl (C=O) groups excluding carboxylic acids is 2. The number of fused-ring (bicyclic) bond motifs is 1. The largest absolute Gasteiger partial charge is 0.444 e. The minimum atomic E-state index is -1.29. The molecule has 188 valence electrons. The molecule has 36 heavy (non-hydrogen) atoms. The number of aromatic nitrogens is 1. The summed E-state index contributed by atoms with van der Waals surface area (Å²) in [7, 11) is 0. The van der Waals surface area contributed by atoms with Gasteiger partial charge in [-0.05, 0) is 56.4 Å². The van der Waals surface area contributed by atoms with Gasteiger partial charge in [0.2, 0.25) is 0 Å². The number of rotatable bonds is 6. The van der Waals surface area contributed by atoms with E-state index in [1.807, 2.05) is 24.3 Å². The number of amides is 1. The van der Waals surface area contributed by atoms with E-state index in [0.29, 0.717) is 12.5 Å². The lowest BCUT2D eigenvalue weighted by molar-refractivity contribution is -0.122. The van der Waals surface area contributed by atoms with Crippen LogP contribution in [0.4, 0.5) is 13.6 Å². The number of hydrogen-bond donors (Lipinski definition) is 1. The zero-order valence-corrected chi connectivity index (χ0v) is 20.3. The van der Waals surface area contributed by atoms with Crippen LogP contribution in [-0.2, 0) is 16.0 Å². The number of halogens is 2. The fourth-order valence-corrected chi connectivity index (χ4v) is 4.72. The monoisotopic (exact) mass is 494 g/mol. The molecule has 1 amide bonds. The van der Waals surface area contributed by atoms with Gasteiger partial charge in [-0.2, -0.15) is 0 Å². The summed E-state index contributed by atoms with van der Waals surface area (Å²) in [4.78, 5) is 39.0. The Hall–Kier alpha value is -3.81. The standard InChI is InChI=1S/C28H28F2N2O4/c1-28(2,3)36-27(35)31-25-18(14-17-8-4-5-9-20(17)25)15-23(33)26(32-13-7-6-10-24(32)34)21-12-11-19(29)16-22(21)30/h4-13,16,18,25-26H,14-15H2,1-3H3,(H,31,35)/t18-,25-,26?/m1/s1. The predicted octanol–water partition coefficient (Wildman–Crippen LogP) is 5.11. The number of nitrogens with zero attached hydrogens (tertiary/aromatic N) is 1. The average molecular weight is 495 g/mol. The van der Waals surface area contributed by atoms with Gasteiger partial charge in [0.25, 0.3) is 5.56 Å². The highest BCUT2D eigenvalue weighted by molar-refractivity contribution is 5.86. The molecule has 1 heterocycles. The molecular formula is C28H28F2N2O4. The number of ketones is 1. The van der Waals surface area contributed by atoms with Crippen LogP contribution in [0.3, 0.4) is 0 Å². The van der Waals surface area contributed by atoms with E-state index >= 15 is 0 Å². The fourth-order valence-electron chi connectivity index (χ4n) is 4.72. The third-order valence-electron chi connectivity index (χ3n) is 6.17. The van der Waals surface area contributed by atoms with E-state index in [1.54, 1.807) is 26.8 Å². The first-order chi connectivity index (χ1) is 17.0. The van der Waals surface area contributed by atoms with E-state index in [1.165, 1.54) is 24.4 Å². The fraction of sp³-hybridized carbons (Fsp3) is 0.321. The van der Waals surface area contributed by atoms with E-state index < -0.39 is 46.8 Å². The molecule has 0 saturated heterocycles. The van der Waals surface area contributed by atoms with Gasteiger partial charge in [-0.25, -0.2) is 13.6 Å². The first-order valence-corrected chi connectivity index (χ1v) is 11.8. The maximum absolute atomic E-state index is 14.8. The van der Waals surface area contributed by atoms with Crippen molar-refractivity contribution in [3.63, 3.8) is 0 Å². The van der Waals surface area contributed by atoms with Gasteiger partial charge in [0.1, 0.15) is 23.3 Å². The van der Waals surface area contributed by atoms with Crippen LogP contribution in [0.1, 0.15) is 56.0 Å². The molecule has 2 aromatic carbocycles. The van der Waals surface area contributed by atoms with Crippen LogP contribution in [0.5, 0.6) is 0 Å². The number of carbonyl (C=O) groups is 2. The van der Waals surface area contributed by atoms with Crippen LogP contribution >= 0.6 is 0 Å². The van der Waals surface area contributed by atoms with Crippen molar-refractivity contribution in [2.24, 2.45) is 5.92 Å². The van der Waals surface area contributed by atoms with Gasteiger partial charge in [-0.3, -0.25) is 9.59 Å². The zero-order chi connectivity index (χ0) is 26.0. The summed E-state index contributed by atoms with van der Waals surface area (Å²) >= 11 is 0. The highest BCUT2D eigenvalue weighted by Gasteiger charge is 2.38. The molecule has 0 aliphatic heterocycles. The first-order valence-electron chi connectivity index (χ1n) is 11.8. The number of hydrogen-bond acceptors (Lipinski definition) is 4. The van der Waals surface area contributed by atoms with Crippen molar-refractivity contribution in [2.45, 2.75) is 51.3 Å². The van der Waals surface area contributed by atoms with Crippen molar-refractivity contribution >= 4 is 11.9 Å². The minimum Gasteiger partial charge on any atom is -0.444 e. The topological polar surface area (TPSA) is 77.4 Å². The number of nitrogens with one attached hydrogen (secondary N) is 1. The van der Waals surface area contributed by atoms with Crippen LogP contribution in [-0.4, -0.2) is 22.0 Å². The molecule has 0 saturated carbocycles. The Morgan fingerprint density at radius 3 is 2.50 bits per heavy atom. The van der Waals surface area contributed by atoms with Gasteiger partial charge in [0.05, 0.1) is 6.04 Å². The number of benzene rings is 2. The molecule has 3 atom stereocenters. The molecule has 0 spiro atoms. The van der Waals surface area contributed by atoms with Crippen LogP contribution in [0.2, 0.25) is 0 Å². The van der Waals surface area contributed by atoms with E-state index in [2.05, 4.69) is 5.32 Å². The molecule has 1 N–H and O–H groups in total. The van der Waals surface area contributed by atoms with E-state index in [-0.39, 0.29) is 17.9 Å². The summed E-state index contributed by atoms with van der Waals surface area (Å²) in [6.45, 7) is 5.28. The third kappa shape index (κ3) is 5.53. The van der Waals surface area contributed by atoms with Crippen LogP contribution < -0.4 is 10.9 Å². The van der Waals surface area contributed by atoms with E-state index in [9.17, 15) is 23.2 Å². The molecule has 1 unspecified atom stereocenters. The summed E-state index contributed by atoms with van der Waals surface area (Å²) in [5, 5.41) is 2.89. The quantitative estimate of drug-likeness (QED) is 0.517. The molecule has 3 aromatic rings. The molecule has 0 fully saturated rings. The van der Waals surface area contributed by atoms with Crippen molar-refractivity contribution in [2.75, 3.05) is 0 Å². The average Bonchev–Trinajstić information content (AvgIpc) is 3.12. The van der Waals surface area contributed by atoms with Crippen molar-refractivity contribution in [1.82, 2.24) is 9.88 Å². The molecular weight excluding hydrogens is 466 g/mol. The number of ether oxygens (including phenoxy) is 1. The number of alkyl carbamates (subject to hydrolysis) is 1. The molecule has 0 bridgehead atoms. The molecule has 1 aliphatic carbocycles. The van der Waals surface area contributed by atoms with Gasteiger partial charge in [-0.1, -0.05) is 36.4 Å². The van der Waals surface area contributed by atoms with Crippen molar-refractivity contribution in [1.29, 1.82) is 0 Å². The minimum absolute atomic E-state index is 0.0576. The molecule has 0 radical (unpaired) electrons. The smallest absolute Gasteiger partial charge is 0.408 e. The molecule has 1 aromatic heterocycles. The van der Waals surface area contributed by atoms with E-state index in [0.717, 1.165) is 21.8 Å². The molecule has 8 heteroatoms. The third-order valence-corrected chi connectivity index (χ3v) is 6.17. The number of Topliss-reactive ketones (excluding diaryl/α,β-unsaturated/α-hetero) is 1. The lowest BCUT2D eigenvalue weighted by Crippen LogP contribution is -2.38. The maximum atomic E-state index is 14.8. The highest BCUT2D eigenvalue weighted by atomic mass is 19.1. The highest BCUT2D eigenvalue weighted by Crippen LogP contribution is 2.39. The second kappa shape index (κ2) is 10.0. The number of pyridine rings is 1. The first kappa shape index (κ1) is 25.3. The summed E-state index contributed by atoms with van der Waals surface area (Å²) in [5.74, 6) is -2.48. The summed E-state index contributed by atoms with van der Waals surface area (Å²) in [6, 6.07) is 13.1. The van der Waals surface area contributed by atoms with Gasteiger partial charge in [0.15, 0.2) is 5.78 Å². The Labute approximate surface area is 207 Å². The Bertz CT molecular complexity index is 1350.